The zero-order valence-corrected chi connectivity index (χ0v) is 14.9. The Morgan fingerprint density at radius 1 is 1.35 bits per heavy atom. The van der Waals surface area contributed by atoms with Crippen molar-refractivity contribution in [1.29, 1.82) is 0 Å². The number of aliphatic imine (C=N–C) groups is 1. The molecule has 1 aliphatic rings. The van der Waals surface area contributed by atoms with Gasteiger partial charge in [-0.1, -0.05) is 38.2 Å². The summed E-state index contributed by atoms with van der Waals surface area (Å²) in [5, 5.41) is 6.88. The van der Waals surface area contributed by atoms with Crippen LogP contribution in [0.15, 0.2) is 23.3 Å². The quantitative estimate of drug-likeness (QED) is 0.620. The van der Waals surface area contributed by atoms with Gasteiger partial charge < -0.3 is 10.6 Å². The maximum absolute atomic E-state index is 4.42. The highest BCUT2D eigenvalue weighted by Crippen LogP contribution is 2.27. The Bertz CT molecular complexity index is 492. The van der Waals surface area contributed by atoms with E-state index in [0.717, 1.165) is 17.6 Å². The van der Waals surface area contributed by atoms with Crippen molar-refractivity contribution in [1.82, 2.24) is 15.6 Å². The van der Waals surface area contributed by atoms with E-state index in [-0.39, 0.29) is 0 Å². The maximum atomic E-state index is 4.42. The van der Waals surface area contributed by atoms with Crippen LogP contribution in [0.5, 0.6) is 0 Å². The molecule has 4 nitrogen and oxygen atoms in total. The molecule has 0 bridgehead atoms. The molecule has 0 aromatic carbocycles. The van der Waals surface area contributed by atoms with E-state index in [1.165, 1.54) is 50.5 Å². The number of aromatic nitrogens is 1. The summed E-state index contributed by atoms with van der Waals surface area (Å²) in [6, 6.07) is 4.51. The van der Waals surface area contributed by atoms with Crippen molar-refractivity contribution in [2.24, 2.45) is 10.9 Å². The van der Waals surface area contributed by atoms with Gasteiger partial charge in [0.15, 0.2) is 5.96 Å². The molecule has 1 unspecified atom stereocenters. The molecule has 1 saturated carbocycles. The normalized spacial score (nSPS) is 17.8. The van der Waals surface area contributed by atoms with Crippen molar-refractivity contribution < 1.29 is 0 Å². The topological polar surface area (TPSA) is 49.3 Å². The molecule has 23 heavy (non-hydrogen) atoms. The van der Waals surface area contributed by atoms with Crippen molar-refractivity contribution in [2.75, 3.05) is 7.05 Å². The van der Waals surface area contributed by atoms with Crippen LogP contribution in [0.2, 0.25) is 0 Å². The van der Waals surface area contributed by atoms with Gasteiger partial charge in [-0.3, -0.25) is 9.98 Å². The smallest absolute Gasteiger partial charge is 0.191 e. The van der Waals surface area contributed by atoms with E-state index in [9.17, 15) is 0 Å². The third-order valence-electron chi connectivity index (χ3n) is 4.88. The molecular weight excluding hydrogens is 284 g/mol. The average Bonchev–Trinajstić information content (AvgIpc) is 2.59. The summed E-state index contributed by atoms with van der Waals surface area (Å²) in [4.78, 5) is 8.75. The lowest BCUT2D eigenvalue weighted by Gasteiger charge is -2.24. The van der Waals surface area contributed by atoms with Crippen LogP contribution in [0.25, 0.3) is 0 Å². The number of hydrogen-bond donors (Lipinski definition) is 2. The number of aryl methyl sites for hydroxylation is 1. The van der Waals surface area contributed by atoms with Crippen LogP contribution in [0, 0.1) is 12.8 Å². The number of hydrogen-bond acceptors (Lipinski definition) is 2. The van der Waals surface area contributed by atoms with Crippen LogP contribution in [-0.2, 0) is 6.54 Å². The molecule has 0 saturated heterocycles. The second-order valence-corrected chi connectivity index (χ2v) is 6.82. The lowest BCUT2D eigenvalue weighted by molar-refractivity contribution is 0.322. The average molecular weight is 316 g/mol. The molecule has 1 aromatic rings. The second-order valence-electron chi connectivity index (χ2n) is 6.82. The van der Waals surface area contributed by atoms with Crippen LogP contribution < -0.4 is 10.6 Å². The zero-order valence-electron chi connectivity index (χ0n) is 14.9. The van der Waals surface area contributed by atoms with Crippen LogP contribution in [0.1, 0.15) is 63.1 Å². The van der Waals surface area contributed by atoms with E-state index in [1.807, 2.05) is 19.3 Å². The number of pyridine rings is 1. The van der Waals surface area contributed by atoms with Crippen LogP contribution in [0.4, 0.5) is 0 Å². The van der Waals surface area contributed by atoms with Gasteiger partial charge in [0.05, 0.1) is 12.2 Å². The molecule has 1 fully saturated rings. The molecule has 1 atom stereocenters. The van der Waals surface area contributed by atoms with Crippen LogP contribution in [0.3, 0.4) is 0 Å². The summed E-state index contributed by atoms with van der Waals surface area (Å²) in [5.41, 5.74) is 2.28. The van der Waals surface area contributed by atoms with E-state index in [1.54, 1.807) is 0 Å². The molecule has 4 heteroatoms. The predicted octanol–water partition coefficient (Wildman–Crippen LogP) is 3.80. The molecule has 0 spiro atoms. The minimum absolute atomic E-state index is 0.452. The van der Waals surface area contributed by atoms with Gasteiger partial charge in [-0.2, -0.15) is 0 Å². The number of nitrogens with one attached hydrogen (secondary N) is 2. The van der Waals surface area contributed by atoms with E-state index in [2.05, 4.69) is 40.5 Å². The Balaban J connectivity index is 1.72. The third kappa shape index (κ3) is 6.20. The minimum atomic E-state index is 0.452. The second kappa shape index (κ2) is 9.53. The van der Waals surface area contributed by atoms with Crippen molar-refractivity contribution in [3.05, 3.63) is 29.6 Å². The Kier molecular flexibility index (Phi) is 7.37. The first kappa shape index (κ1) is 17.8. The molecule has 2 N–H and O–H groups in total. The summed E-state index contributed by atoms with van der Waals surface area (Å²) >= 11 is 0. The Morgan fingerprint density at radius 3 is 2.83 bits per heavy atom. The fourth-order valence-corrected chi connectivity index (χ4v) is 3.33. The fraction of sp³-hybridized carbons (Fsp3) is 0.684. The largest absolute Gasteiger partial charge is 0.354 e. The van der Waals surface area contributed by atoms with Crippen molar-refractivity contribution in [3.8, 4) is 0 Å². The van der Waals surface area contributed by atoms with Crippen molar-refractivity contribution >= 4 is 5.96 Å². The van der Waals surface area contributed by atoms with Crippen molar-refractivity contribution in [2.45, 2.75) is 71.4 Å². The first-order valence-electron chi connectivity index (χ1n) is 9.06. The van der Waals surface area contributed by atoms with Gasteiger partial charge >= 0.3 is 0 Å². The summed E-state index contributed by atoms with van der Waals surface area (Å²) in [6.07, 6.45) is 11.6. The first-order valence-corrected chi connectivity index (χ1v) is 9.06. The van der Waals surface area contributed by atoms with Gasteiger partial charge in [-0.05, 0) is 44.2 Å². The van der Waals surface area contributed by atoms with Gasteiger partial charge in [-0.15, -0.1) is 0 Å². The molecule has 1 aromatic heterocycles. The highest BCUT2D eigenvalue weighted by atomic mass is 15.2. The van der Waals surface area contributed by atoms with E-state index < -0.39 is 0 Å². The van der Waals surface area contributed by atoms with Crippen LogP contribution >= 0.6 is 0 Å². The predicted molar refractivity (Wildman–Crippen MR) is 97.6 cm³/mol. The molecular formula is C19H32N4. The van der Waals surface area contributed by atoms with E-state index >= 15 is 0 Å². The fourth-order valence-electron chi connectivity index (χ4n) is 3.33. The SMILES string of the molecule is CN=C(NCc1ncccc1C)NC(C)CCC1CCCCC1. The standard InChI is InChI=1S/C19H32N4/c1-15-8-7-13-21-18(15)14-22-19(20-3)23-16(2)11-12-17-9-5-4-6-10-17/h7-8,13,16-17H,4-6,9-12,14H2,1-3H3,(H2,20,22,23). The first-order chi connectivity index (χ1) is 11.2. The van der Waals surface area contributed by atoms with Gasteiger partial charge in [0.1, 0.15) is 0 Å². The Hall–Kier alpha value is -1.58. The Morgan fingerprint density at radius 2 is 2.13 bits per heavy atom. The highest BCUT2D eigenvalue weighted by molar-refractivity contribution is 5.79. The summed E-state index contributed by atoms with van der Waals surface area (Å²) in [5.74, 6) is 1.81. The molecule has 0 aliphatic heterocycles. The monoisotopic (exact) mass is 316 g/mol. The van der Waals surface area contributed by atoms with Gasteiger partial charge in [0.2, 0.25) is 0 Å². The third-order valence-corrected chi connectivity index (χ3v) is 4.88. The maximum Gasteiger partial charge on any atom is 0.191 e. The lowest BCUT2D eigenvalue weighted by atomic mass is 9.85. The molecule has 0 amide bonds. The van der Waals surface area contributed by atoms with E-state index in [4.69, 9.17) is 0 Å². The molecule has 128 valence electrons. The minimum Gasteiger partial charge on any atom is -0.354 e. The number of guanidine groups is 1. The van der Waals surface area contributed by atoms with Crippen LogP contribution in [-0.4, -0.2) is 24.0 Å². The molecule has 0 radical (unpaired) electrons. The molecule has 1 aliphatic carbocycles. The van der Waals surface area contributed by atoms with Gasteiger partial charge in [0.25, 0.3) is 0 Å². The Labute approximate surface area is 141 Å². The van der Waals surface area contributed by atoms with Gasteiger partial charge in [0, 0.05) is 19.3 Å². The summed E-state index contributed by atoms with van der Waals surface area (Å²) < 4.78 is 0. The number of nitrogens with zero attached hydrogens (tertiary/aromatic N) is 2. The zero-order chi connectivity index (χ0) is 16.5. The summed E-state index contributed by atoms with van der Waals surface area (Å²) in [6.45, 7) is 5.05. The summed E-state index contributed by atoms with van der Waals surface area (Å²) in [7, 11) is 1.83. The number of rotatable bonds is 6. The highest BCUT2D eigenvalue weighted by Gasteiger charge is 2.15. The van der Waals surface area contributed by atoms with Crippen molar-refractivity contribution in [3.63, 3.8) is 0 Å². The lowest BCUT2D eigenvalue weighted by Crippen LogP contribution is -2.42. The van der Waals surface area contributed by atoms with Gasteiger partial charge in [-0.25, -0.2) is 0 Å². The van der Waals surface area contributed by atoms with E-state index in [0.29, 0.717) is 12.6 Å². The molecule has 2 rings (SSSR count). The molecule has 1 heterocycles.